The Bertz CT molecular complexity index is 1360. The maximum atomic E-state index is 13.6. The lowest BCUT2D eigenvalue weighted by atomic mass is 10.00. The summed E-state index contributed by atoms with van der Waals surface area (Å²) in [6.07, 6.45) is -7.61. The van der Waals surface area contributed by atoms with Crippen molar-refractivity contribution in [2.45, 2.75) is 37.6 Å². The third-order valence-corrected chi connectivity index (χ3v) is 5.82. The Morgan fingerprint density at radius 1 is 0.833 bits per heavy atom. The number of aliphatic hydroxyl groups excluding tert-OH is 3. The van der Waals surface area contributed by atoms with Gasteiger partial charge < -0.3 is 59.1 Å². The highest BCUT2D eigenvalue weighted by molar-refractivity contribution is 5.93. The lowest BCUT2D eigenvalue weighted by Gasteiger charge is -2.38. The molecular formula is C23H24O13. The summed E-state index contributed by atoms with van der Waals surface area (Å²) in [6.45, 7) is 1.41. The number of benzene rings is 2. The van der Waals surface area contributed by atoms with Gasteiger partial charge in [0.05, 0.1) is 20.3 Å². The summed E-state index contributed by atoms with van der Waals surface area (Å²) in [5.74, 6) is -4.04. The smallest absolute Gasteiger partial charge is 0.239 e. The van der Waals surface area contributed by atoms with Gasteiger partial charge in [-0.1, -0.05) is 0 Å². The van der Waals surface area contributed by atoms with Gasteiger partial charge in [-0.3, -0.25) is 4.79 Å². The van der Waals surface area contributed by atoms with Gasteiger partial charge in [-0.2, -0.15) is 0 Å². The first-order chi connectivity index (χ1) is 17.0. The van der Waals surface area contributed by atoms with E-state index in [1.165, 1.54) is 27.2 Å². The molecule has 5 atom stereocenters. The van der Waals surface area contributed by atoms with E-state index < -0.39 is 76.0 Å². The van der Waals surface area contributed by atoms with Crippen molar-refractivity contribution < 1.29 is 59.1 Å². The molecule has 1 aliphatic rings. The van der Waals surface area contributed by atoms with Gasteiger partial charge in [-0.05, 0) is 19.1 Å². The molecule has 0 aliphatic carbocycles. The maximum Gasteiger partial charge on any atom is 0.239 e. The Labute approximate surface area is 202 Å². The first-order valence-corrected chi connectivity index (χ1v) is 10.6. The fourth-order valence-corrected chi connectivity index (χ4v) is 3.90. The largest absolute Gasteiger partial charge is 0.507 e. The number of phenolic OH excluding ortho intramolecular Hbond substituents is 4. The second-order valence-corrected chi connectivity index (χ2v) is 8.09. The molecule has 36 heavy (non-hydrogen) atoms. The van der Waals surface area contributed by atoms with Gasteiger partial charge in [0.1, 0.15) is 29.4 Å². The Kier molecular flexibility index (Phi) is 6.49. The van der Waals surface area contributed by atoms with Crippen LogP contribution < -0.4 is 19.6 Å². The normalized spacial score (nSPS) is 24.0. The van der Waals surface area contributed by atoms with Gasteiger partial charge in [0.25, 0.3) is 0 Å². The second kappa shape index (κ2) is 9.28. The molecule has 4 rings (SSSR count). The zero-order valence-electron chi connectivity index (χ0n) is 19.2. The Balaban J connectivity index is 2.02. The summed E-state index contributed by atoms with van der Waals surface area (Å²) in [6, 6.07) is 3.06. The summed E-state index contributed by atoms with van der Waals surface area (Å²) in [5.41, 5.74) is -1.46. The SMILES string of the molecule is COc1cc(-c2oc3c(OC)c(O)cc(O)c3c(=O)c2O[C@@H]2O[C@@H](C)[C@H](O)[C@@H](O)[C@@H]2O)cc(O)c1O. The predicted molar refractivity (Wildman–Crippen MR) is 121 cm³/mol. The lowest BCUT2D eigenvalue weighted by molar-refractivity contribution is -0.268. The van der Waals surface area contributed by atoms with E-state index in [1.54, 1.807) is 0 Å². The quantitative estimate of drug-likeness (QED) is 0.235. The predicted octanol–water partition coefficient (Wildman–Crippen LogP) is 0.506. The van der Waals surface area contributed by atoms with Crippen molar-refractivity contribution in [3.05, 3.63) is 28.4 Å². The summed E-state index contributed by atoms with van der Waals surface area (Å²) >= 11 is 0. The van der Waals surface area contributed by atoms with Crippen molar-refractivity contribution >= 4 is 11.0 Å². The second-order valence-electron chi connectivity index (χ2n) is 8.09. The molecule has 13 nitrogen and oxygen atoms in total. The Morgan fingerprint density at radius 3 is 2.17 bits per heavy atom. The van der Waals surface area contributed by atoms with Gasteiger partial charge in [-0.25, -0.2) is 0 Å². The summed E-state index contributed by atoms with van der Waals surface area (Å²) in [7, 11) is 2.40. The molecule has 2 heterocycles. The van der Waals surface area contributed by atoms with E-state index in [1.807, 2.05) is 0 Å². The first-order valence-electron chi connectivity index (χ1n) is 10.6. The highest BCUT2D eigenvalue weighted by Gasteiger charge is 2.44. The lowest BCUT2D eigenvalue weighted by Crippen LogP contribution is -2.58. The number of aliphatic hydroxyl groups is 3. The summed E-state index contributed by atoms with van der Waals surface area (Å²) in [4.78, 5) is 13.6. The van der Waals surface area contributed by atoms with Crippen molar-refractivity contribution in [2.24, 2.45) is 0 Å². The number of methoxy groups -OCH3 is 2. The number of phenols is 4. The molecule has 0 bridgehead atoms. The third-order valence-electron chi connectivity index (χ3n) is 5.82. The van der Waals surface area contributed by atoms with Crippen LogP contribution in [0.4, 0.5) is 0 Å². The van der Waals surface area contributed by atoms with Crippen LogP contribution in [0.1, 0.15) is 6.92 Å². The average Bonchev–Trinajstić information content (AvgIpc) is 2.83. The van der Waals surface area contributed by atoms with E-state index in [2.05, 4.69) is 0 Å². The molecule has 194 valence electrons. The van der Waals surface area contributed by atoms with Crippen LogP contribution in [0.5, 0.6) is 40.2 Å². The van der Waals surface area contributed by atoms with E-state index in [-0.39, 0.29) is 22.6 Å². The van der Waals surface area contributed by atoms with Crippen LogP contribution >= 0.6 is 0 Å². The molecule has 3 aromatic rings. The van der Waals surface area contributed by atoms with Crippen LogP contribution in [-0.2, 0) is 4.74 Å². The average molecular weight is 508 g/mol. The minimum absolute atomic E-state index is 0.0695. The van der Waals surface area contributed by atoms with Crippen LogP contribution in [0.15, 0.2) is 27.4 Å². The fourth-order valence-electron chi connectivity index (χ4n) is 3.90. The topological polar surface area (TPSA) is 209 Å². The number of hydrogen-bond donors (Lipinski definition) is 7. The molecule has 2 aromatic carbocycles. The van der Waals surface area contributed by atoms with Gasteiger partial charge in [-0.15, -0.1) is 0 Å². The number of rotatable bonds is 5. The summed E-state index contributed by atoms with van der Waals surface area (Å²) in [5, 5.41) is 70.8. The van der Waals surface area contributed by atoms with Gasteiger partial charge in [0.15, 0.2) is 28.6 Å². The maximum absolute atomic E-state index is 13.6. The van der Waals surface area contributed by atoms with Crippen LogP contribution in [0.3, 0.4) is 0 Å². The van der Waals surface area contributed by atoms with Crippen molar-refractivity contribution in [1.29, 1.82) is 0 Å². The Hall–Kier alpha value is -3.91. The van der Waals surface area contributed by atoms with Crippen molar-refractivity contribution in [1.82, 2.24) is 0 Å². The van der Waals surface area contributed by atoms with Crippen molar-refractivity contribution in [2.75, 3.05) is 14.2 Å². The third kappa shape index (κ3) is 3.97. The Morgan fingerprint density at radius 2 is 1.53 bits per heavy atom. The van der Waals surface area contributed by atoms with E-state index in [0.29, 0.717) is 0 Å². The standard InChI is InChI=1S/C23H24O13/c1-7-14(27)17(30)18(31)23(34-7)36-22-16(29)13-9(24)6-11(26)20(33-3)21(13)35-19(22)8-4-10(25)15(28)12(5-8)32-2/h4-7,14,17-18,23-28,30-31H,1-3H3/t7-,14-,17+,18-,23-/m0/s1. The number of fused-ring (bicyclic) bond motifs is 1. The van der Waals surface area contributed by atoms with Gasteiger partial charge >= 0.3 is 0 Å². The van der Waals surface area contributed by atoms with E-state index in [0.717, 1.165) is 12.1 Å². The number of ether oxygens (including phenoxy) is 4. The molecule has 0 unspecified atom stereocenters. The molecule has 0 amide bonds. The van der Waals surface area contributed by atoms with Crippen LogP contribution in [-0.4, -0.2) is 80.7 Å². The molecule has 7 N–H and O–H groups in total. The number of aromatic hydroxyl groups is 4. The number of hydrogen-bond acceptors (Lipinski definition) is 13. The molecule has 0 radical (unpaired) electrons. The van der Waals surface area contributed by atoms with Gasteiger partial charge in [0.2, 0.25) is 29.0 Å². The molecule has 13 heteroatoms. The molecule has 1 fully saturated rings. The molecule has 0 spiro atoms. The molecule has 1 saturated heterocycles. The highest BCUT2D eigenvalue weighted by atomic mass is 16.7. The van der Waals surface area contributed by atoms with Crippen molar-refractivity contribution in [3.63, 3.8) is 0 Å². The fraction of sp³-hybridized carbons (Fsp3) is 0.348. The van der Waals surface area contributed by atoms with Crippen molar-refractivity contribution in [3.8, 4) is 51.6 Å². The monoisotopic (exact) mass is 508 g/mol. The molecular weight excluding hydrogens is 484 g/mol. The van der Waals surface area contributed by atoms with E-state index >= 15 is 0 Å². The highest BCUT2D eigenvalue weighted by Crippen LogP contribution is 2.46. The molecule has 1 aliphatic heterocycles. The van der Waals surface area contributed by atoms with Crippen LogP contribution in [0.25, 0.3) is 22.3 Å². The minimum Gasteiger partial charge on any atom is -0.507 e. The van der Waals surface area contributed by atoms with E-state index in [9.17, 15) is 40.5 Å². The first kappa shape index (κ1) is 25.2. The van der Waals surface area contributed by atoms with Gasteiger partial charge in [0, 0.05) is 11.6 Å². The zero-order chi connectivity index (χ0) is 26.5. The summed E-state index contributed by atoms with van der Waals surface area (Å²) < 4.78 is 27.0. The zero-order valence-corrected chi connectivity index (χ0v) is 19.2. The van der Waals surface area contributed by atoms with E-state index in [4.69, 9.17) is 23.4 Å². The minimum atomic E-state index is -1.80. The molecule has 0 saturated carbocycles. The molecule has 1 aromatic heterocycles. The van der Waals surface area contributed by atoms with Crippen LogP contribution in [0, 0.1) is 0 Å². The van der Waals surface area contributed by atoms with Crippen LogP contribution in [0.2, 0.25) is 0 Å².